The van der Waals surface area contributed by atoms with Crippen LogP contribution in [0.1, 0.15) is 69.5 Å². The topological polar surface area (TPSA) is 131 Å². The number of nitro groups is 1. The molecule has 11 heteroatoms. The van der Waals surface area contributed by atoms with Crippen molar-refractivity contribution in [2.24, 2.45) is 7.05 Å². The van der Waals surface area contributed by atoms with Gasteiger partial charge in [-0.15, -0.1) is 0 Å². The summed E-state index contributed by atoms with van der Waals surface area (Å²) < 4.78 is 1.91. The summed E-state index contributed by atoms with van der Waals surface area (Å²) in [6.07, 6.45) is 13.0. The Kier molecular flexibility index (Phi) is 15.5. The summed E-state index contributed by atoms with van der Waals surface area (Å²) in [5.41, 5.74) is 0.311. The molecule has 0 saturated heterocycles. The van der Waals surface area contributed by atoms with Gasteiger partial charge in [0.25, 0.3) is 5.69 Å². The predicted octanol–water partition coefficient (Wildman–Crippen LogP) is 2.35. The van der Waals surface area contributed by atoms with E-state index in [4.69, 9.17) is 0 Å². The third kappa shape index (κ3) is 10.4. The first-order chi connectivity index (χ1) is 22.3. The van der Waals surface area contributed by atoms with Crippen LogP contribution in [0.25, 0.3) is 0 Å². The number of nitro benzene ring substituents is 1. The van der Waals surface area contributed by atoms with E-state index in [2.05, 4.69) is 83.5 Å². The van der Waals surface area contributed by atoms with E-state index in [-0.39, 0.29) is 24.0 Å². The second-order valence-corrected chi connectivity index (χ2v) is 15.4. The van der Waals surface area contributed by atoms with E-state index in [9.17, 15) is 25.1 Å². The van der Waals surface area contributed by atoms with Crippen molar-refractivity contribution in [1.29, 1.82) is 0 Å². The van der Waals surface area contributed by atoms with Gasteiger partial charge in [-0.25, -0.2) is 0 Å². The average Bonchev–Trinajstić information content (AvgIpc) is 3.53. The maximum Gasteiger partial charge on any atom is 0.269 e. The number of benzene rings is 3. The van der Waals surface area contributed by atoms with E-state index in [1.165, 1.54) is 53.0 Å². The monoisotopic (exact) mass is 680 g/mol. The summed E-state index contributed by atoms with van der Waals surface area (Å²) in [5.74, 6) is -0.225. The van der Waals surface area contributed by atoms with Gasteiger partial charge in [0.15, 0.2) is 0 Å². The number of aromatic nitrogens is 2. The molecule has 0 fully saturated rings. The van der Waals surface area contributed by atoms with Crippen LogP contribution in [-0.4, -0.2) is 49.6 Å². The maximum atomic E-state index is 12.5. The number of hydrogen-bond donors (Lipinski definition) is 3. The molecule has 0 bridgehead atoms. The van der Waals surface area contributed by atoms with Gasteiger partial charge in [0, 0.05) is 25.6 Å². The molecule has 252 valence electrons. The Morgan fingerprint density at radius 3 is 1.87 bits per heavy atom. The molecule has 1 heterocycles. The average molecular weight is 681 g/mol. The first kappa shape index (κ1) is 37.8. The quantitative estimate of drug-likeness (QED) is 0.0604. The van der Waals surface area contributed by atoms with Crippen molar-refractivity contribution in [2.75, 3.05) is 12.8 Å². The van der Waals surface area contributed by atoms with Crippen LogP contribution >= 0.6 is 7.26 Å². The molecule has 4 aromatic rings. The number of rotatable bonds is 19. The molecule has 0 aliphatic rings. The van der Waals surface area contributed by atoms with Gasteiger partial charge in [0.05, 0.1) is 36.1 Å². The van der Waals surface area contributed by atoms with Gasteiger partial charge in [0.1, 0.15) is 29.3 Å². The maximum absolute atomic E-state index is 12.5. The SMILES string of the molecule is Cn1cc([P+](CCCCCCCCCCC(=O)N[C@H](CO)[C@H](O)c2ccc([N+](=O)[O-])cc2)(c2ccccc2)c2ccccc2)cn1.[Cl-]. The Bertz CT molecular complexity index is 1470. The smallest absolute Gasteiger partial charge is 0.269 e. The van der Waals surface area contributed by atoms with E-state index in [1.54, 1.807) is 0 Å². The van der Waals surface area contributed by atoms with E-state index >= 15 is 0 Å². The molecular weight excluding hydrogens is 635 g/mol. The van der Waals surface area contributed by atoms with Crippen molar-refractivity contribution >= 4 is 34.8 Å². The van der Waals surface area contributed by atoms with Crippen LogP contribution in [0.4, 0.5) is 5.69 Å². The predicted molar refractivity (Wildman–Crippen MR) is 185 cm³/mol. The normalized spacial score (nSPS) is 12.6. The minimum Gasteiger partial charge on any atom is -1.00 e. The summed E-state index contributed by atoms with van der Waals surface area (Å²) in [6.45, 7) is -0.439. The number of carbonyl (C=O) groups excluding carboxylic acids is 1. The summed E-state index contributed by atoms with van der Waals surface area (Å²) >= 11 is 0. The lowest BCUT2D eigenvalue weighted by Crippen LogP contribution is -3.00. The number of aliphatic hydroxyl groups is 2. The molecule has 9 nitrogen and oxygen atoms in total. The highest BCUT2D eigenvalue weighted by atomic mass is 35.5. The molecule has 1 aromatic heterocycles. The Hall–Kier alpha value is -3.62. The number of non-ortho nitro benzene ring substituents is 1. The fraction of sp³-hybridized carbons (Fsp3) is 0.389. The highest BCUT2D eigenvalue weighted by molar-refractivity contribution is 7.95. The van der Waals surface area contributed by atoms with Crippen LogP contribution in [0.3, 0.4) is 0 Å². The van der Waals surface area contributed by atoms with E-state index in [1.807, 2.05) is 11.7 Å². The van der Waals surface area contributed by atoms with Crippen LogP contribution in [0.2, 0.25) is 0 Å². The molecule has 4 rings (SSSR count). The van der Waals surface area contributed by atoms with Crippen LogP contribution in [-0.2, 0) is 11.8 Å². The van der Waals surface area contributed by atoms with Crippen molar-refractivity contribution in [2.45, 2.75) is 69.9 Å². The number of aryl methyl sites for hydroxylation is 1. The number of nitrogens with zero attached hydrogens (tertiary/aromatic N) is 3. The molecule has 0 aliphatic carbocycles. The summed E-state index contributed by atoms with van der Waals surface area (Å²) in [4.78, 5) is 22.8. The third-order valence-electron chi connectivity index (χ3n) is 8.54. The van der Waals surface area contributed by atoms with Gasteiger partial charge in [-0.1, -0.05) is 68.5 Å². The molecule has 2 atom stereocenters. The van der Waals surface area contributed by atoms with Gasteiger partial charge in [-0.05, 0) is 61.2 Å². The fourth-order valence-corrected chi connectivity index (χ4v) is 10.4. The van der Waals surface area contributed by atoms with Crippen LogP contribution in [0, 0.1) is 10.1 Å². The molecule has 0 radical (unpaired) electrons. The Labute approximate surface area is 284 Å². The van der Waals surface area contributed by atoms with E-state index in [0.717, 1.165) is 44.7 Å². The molecule has 0 saturated carbocycles. The zero-order chi connectivity index (χ0) is 32.8. The van der Waals surface area contributed by atoms with Gasteiger partial charge < -0.3 is 27.9 Å². The number of halogens is 1. The fourth-order valence-electron chi connectivity index (χ4n) is 6.03. The van der Waals surface area contributed by atoms with E-state index < -0.39 is 30.9 Å². The molecule has 0 unspecified atom stereocenters. The van der Waals surface area contributed by atoms with Gasteiger partial charge in [-0.3, -0.25) is 19.6 Å². The van der Waals surface area contributed by atoms with Gasteiger partial charge >= 0.3 is 0 Å². The second kappa shape index (κ2) is 19.3. The Balaban J connectivity index is 0.00000600. The summed E-state index contributed by atoms with van der Waals surface area (Å²) in [6, 6.07) is 26.4. The van der Waals surface area contributed by atoms with Crippen molar-refractivity contribution in [3.8, 4) is 0 Å². The Morgan fingerprint density at radius 1 is 0.851 bits per heavy atom. The lowest BCUT2D eigenvalue weighted by molar-refractivity contribution is -0.384. The van der Waals surface area contributed by atoms with Gasteiger partial charge in [-0.2, -0.15) is 5.10 Å². The number of aliphatic hydroxyl groups excluding tert-OH is 2. The second-order valence-electron chi connectivity index (χ2n) is 11.8. The largest absolute Gasteiger partial charge is 1.00 e. The highest BCUT2D eigenvalue weighted by Crippen LogP contribution is 2.56. The number of nitrogens with one attached hydrogen (secondary N) is 1. The third-order valence-corrected chi connectivity index (χ3v) is 13.0. The first-order valence-corrected chi connectivity index (χ1v) is 18.1. The van der Waals surface area contributed by atoms with Crippen LogP contribution < -0.4 is 33.6 Å². The number of amides is 1. The minimum atomic E-state index is -1.83. The molecule has 3 aromatic carbocycles. The summed E-state index contributed by atoms with van der Waals surface area (Å²) in [5, 5.41) is 42.5. The molecular formula is C36H46ClN4O5P. The zero-order valence-electron chi connectivity index (χ0n) is 27.0. The first-order valence-electron chi connectivity index (χ1n) is 16.2. The van der Waals surface area contributed by atoms with Crippen LogP contribution in [0.15, 0.2) is 97.3 Å². The molecule has 47 heavy (non-hydrogen) atoms. The molecule has 1 amide bonds. The zero-order valence-corrected chi connectivity index (χ0v) is 28.6. The minimum absolute atomic E-state index is 0. The highest BCUT2D eigenvalue weighted by Gasteiger charge is 2.45. The standard InChI is InChI=1S/C36H45N4O5P.ClH/c1-39-27-33(26-37-39)46(31-16-10-8-11-17-31,32-18-12-9-13-19-32)25-15-7-5-3-2-4-6-14-20-35(42)38-34(28-41)36(43)29-21-23-30(24-22-29)40(44)45;/h8-13,16-19,21-24,26-27,34,36,41,43H,2-7,14-15,20,25,28H2,1H3;1H/t34-,36-;/m1./s1. The van der Waals surface area contributed by atoms with Crippen molar-refractivity contribution in [3.63, 3.8) is 0 Å². The Morgan fingerprint density at radius 2 is 1.38 bits per heavy atom. The lowest BCUT2D eigenvalue weighted by Gasteiger charge is -2.26. The molecule has 0 aliphatic heterocycles. The molecule has 0 spiro atoms. The lowest BCUT2D eigenvalue weighted by atomic mass is 10.0. The number of unbranched alkanes of at least 4 members (excludes halogenated alkanes) is 7. The number of hydrogen-bond acceptors (Lipinski definition) is 6. The van der Waals surface area contributed by atoms with Crippen molar-refractivity contribution < 1.29 is 32.3 Å². The van der Waals surface area contributed by atoms with E-state index in [0.29, 0.717) is 12.0 Å². The van der Waals surface area contributed by atoms with Crippen molar-refractivity contribution in [1.82, 2.24) is 15.1 Å². The molecule has 3 N–H and O–H groups in total. The van der Waals surface area contributed by atoms with Crippen molar-refractivity contribution in [3.05, 3.63) is 113 Å². The van der Waals surface area contributed by atoms with Crippen LogP contribution in [0.5, 0.6) is 0 Å². The van der Waals surface area contributed by atoms with Gasteiger partial charge in [0.2, 0.25) is 5.91 Å². The number of carbonyl (C=O) groups is 1. The summed E-state index contributed by atoms with van der Waals surface area (Å²) in [7, 11) is 0.156.